The highest BCUT2D eigenvalue weighted by molar-refractivity contribution is 7.53. The van der Waals surface area contributed by atoms with Gasteiger partial charge in [-0.1, -0.05) is 70.9 Å². The van der Waals surface area contributed by atoms with Crippen LogP contribution in [0.2, 0.25) is 0 Å². The van der Waals surface area contributed by atoms with Crippen molar-refractivity contribution in [1.82, 2.24) is 0 Å². The Labute approximate surface area is 175 Å². The molecule has 0 aromatic carbocycles. The summed E-state index contributed by atoms with van der Waals surface area (Å²) in [6.45, 7) is 4.70. The molecular weight excluding hydrogens is 369 g/mol. The average molecular weight is 419 g/mol. The van der Waals surface area contributed by atoms with Crippen LogP contribution in [0.15, 0.2) is 12.2 Å². The van der Waals surface area contributed by atoms with Gasteiger partial charge in [0.05, 0.1) is 27.7 Å². The first-order valence-corrected chi connectivity index (χ1v) is 13.3. The molecule has 0 saturated carbocycles. The normalized spacial score (nSPS) is 15.8. The first kappa shape index (κ1) is 27.8. The quantitative estimate of drug-likeness (QED) is 0.104. The molecule has 0 aliphatic rings. The number of hydrogen-bond donors (Lipinski definition) is 1. The van der Waals surface area contributed by atoms with Gasteiger partial charge in [-0.2, -0.15) is 0 Å². The van der Waals surface area contributed by atoms with Crippen LogP contribution in [0.5, 0.6) is 0 Å². The third-order valence-corrected chi connectivity index (χ3v) is 7.51. The second kappa shape index (κ2) is 16.6. The molecule has 0 aliphatic heterocycles. The summed E-state index contributed by atoms with van der Waals surface area (Å²) in [4.78, 5) is 10.4. The summed E-state index contributed by atoms with van der Waals surface area (Å²) >= 11 is 0. The Hall–Kier alpha value is -0.150. The molecule has 0 amide bonds. The van der Waals surface area contributed by atoms with E-state index >= 15 is 0 Å². The molecule has 0 aliphatic carbocycles. The van der Waals surface area contributed by atoms with Crippen molar-refractivity contribution in [1.29, 1.82) is 0 Å². The zero-order chi connectivity index (χ0) is 21.3. The Morgan fingerprint density at radius 1 is 0.821 bits per heavy atom. The maximum atomic E-state index is 12.6. The van der Waals surface area contributed by atoms with Gasteiger partial charge in [0.15, 0.2) is 5.78 Å². The third kappa shape index (κ3) is 14.8. The van der Waals surface area contributed by atoms with Gasteiger partial charge in [-0.15, -0.1) is 0 Å². The zero-order valence-corrected chi connectivity index (χ0v) is 20.4. The van der Waals surface area contributed by atoms with E-state index in [9.17, 15) is 9.46 Å². The monoisotopic (exact) mass is 418 g/mol. The van der Waals surface area contributed by atoms with Gasteiger partial charge in [0.2, 0.25) is 0 Å². The van der Waals surface area contributed by atoms with E-state index in [1.165, 1.54) is 64.2 Å². The molecule has 2 atom stereocenters. The van der Waals surface area contributed by atoms with Crippen LogP contribution in [0.4, 0.5) is 0 Å². The lowest BCUT2D eigenvalue weighted by Crippen LogP contribution is -2.45. The van der Waals surface area contributed by atoms with Crippen LogP contribution in [0.25, 0.3) is 0 Å². The van der Waals surface area contributed by atoms with Crippen LogP contribution >= 0.6 is 7.60 Å². The predicted molar refractivity (Wildman–Crippen MR) is 123 cm³/mol. The minimum atomic E-state index is -3.56. The summed E-state index contributed by atoms with van der Waals surface area (Å²) in [5.74, 6) is -0.336. The second-order valence-corrected chi connectivity index (χ2v) is 11.0. The van der Waals surface area contributed by atoms with Gasteiger partial charge in [-0.3, -0.25) is 4.57 Å². The fourth-order valence-electron chi connectivity index (χ4n) is 3.52. The highest BCUT2D eigenvalue weighted by Gasteiger charge is 2.41. The highest BCUT2D eigenvalue weighted by Crippen LogP contribution is 2.51. The highest BCUT2D eigenvalue weighted by atomic mass is 31.2. The number of allylic oxidation sites excluding steroid dienone is 2. The molecule has 0 saturated heterocycles. The molecule has 2 unspecified atom stereocenters. The molecule has 0 aromatic heterocycles. The van der Waals surface area contributed by atoms with Gasteiger partial charge < -0.3 is 13.9 Å². The second-order valence-electron chi connectivity index (χ2n) is 9.01. The molecule has 168 valence electrons. The molecule has 0 radical (unpaired) electrons. The fraction of sp³-hybridized carbons (Fsp3) is 0.913. The first-order chi connectivity index (χ1) is 13.3. The van der Waals surface area contributed by atoms with Gasteiger partial charge in [-0.25, -0.2) is 0 Å². The Balaban J connectivity index is 3.68. The minimum absolute atomic E-state index is 0.336. The van der Waals surface area contributed by atoms with Crippen LogP contribution in [-0.4, -0.2) is 42.9 Å². The van der Waals surface area contributed by atoms with Crippen molar-refractivity contribution in [2.75, 3.05) is 27.7 Å². The third-order valence-electron chi connectivity index (χ3n) is 5.25. The van der Waals surface area contributed by atoms with Crippen molar-refractivity contribution in [3.8, 4) is 0 Å². The largest absolute Gasteiger partial charge is 0.385 e. The van der Waals surface area contributed by atoms with Crippen molar-refractivity contribution in [3.63, 3.8) is 0 Å². The lowest BCUT2D eigenvalue weighted by atomic mass is 10.1. The number of quaternary nitrogens is 1. The van der Waals surface area contributed by atoms with E-state index in [0.717, 1.165) is 19.3 Å². The Kier molecular flexibility index (Phi) is 16.5. The molecule has 0 aromatic rings. The van der Waals surface area contributed by atoms with Crippen LogP contribution in [0, 0.1) is 0 Å². The predicted octanol–water partition coefficient (Wildman–Crippen LogP) is 7.28. The number of rotatable bonds is 19. The summed E-state index contributed by atoms with van der Waals surface area (Å²) in [5.41, 5.74) is 0. The standard InChI is InChI=1S/C23H48NO3P/c1-6-8-9-10-11-12-13-14-15-16-17-18-19-20-22-27-28(25,26)23(21-7-2)24(3,4)5/h12-13,23H,6-11,14-22H2,1-5H3/p+1/b13-12-. The van der Waals surface area contributed by atoms with Crippen molar-refractivity contribution >= 4 is 7.60 Å². The van der Waals surface area contributed by atoms with Crippen LogP contribution in [0.3, 0.4) is 0 Å². The molecule has 0 spiro atoms. The number of nitrogens with zero attached hydrogens (tertiary/aromatic N) is 1. The molecule has 0 rings (SSSR count). The zero-order valence-electron chi connectivity index (χ0n) is 19.5. The number of unbranched alkanes of at least 4 members (excludes halogenated alkanes) is 10. The average Bonchev–Trinajstić information content (AvgIpc) is 2.61. The summed E-state index contributed by atoms with van der Waals surface area (Å²) in [7, 11) is 2.34. The van der Waals surface area contributed by atoms with Crippen molar-refractivity contribution < 1.29 is 18.5 Å². The summed E-state index contributed by atoms with van der Waals surface area (Å²) < 4.78 is 18.5. The van der Waals surface area contributed by atoms with E-state index in [4.69, 9.17) is 4.52 Å². The first-order valence-electron chi connectivity index (χ1n) is 11.7. The van der Waals surface area contributed by atoms with Crippen LogP contribution < -0.4 is 0 Å². The van der Waals surface area contributed by atoms with Gasteiger partial charge in [0.1, 0.15) is 0 Å². The lowest BCUT2D eigenvalue weighted by Gasteiger charge is -2.35. The molecule has 28 heavy (non-hydrogen) atoms. The fourth-order valence-corrected chi connectivity index (χ4v) is 5.55. The Morgan fingerprint density at radius 3 is 1.82 bits per heavy atom. The van der Waals surface area contributed by atoms with Crippen LogP contribution in [-0.2, 0) is 9.09 Å². The van der Waals surface area contributed by atoms with E-state index in [2.05, 4.69) is 19.1 Å². The molecule has 0 fully saturated rings. The minimum Gasteiger partial charge on any atom is -0.320 e. The smallest absolute Gasteiger partial charge is 0.320 e. The molecule has 1 N–H and O–H groups in total. The van der Waals surface area contributed by atoms with Crippen molar-refractivity contribution in [3.05, 3.63) is 12.2 Å². The summed E-state index contributed by atoms with van der Waals surface area (Å²) in [6.07, 6.45) is 21.1. The Morgan fingerprint density at radius 2 is 1.32 bits per heavy atom. The van der Waals surface area contributed by atoms with E-state index in [0.29, 0.717) is 17.5 Å². The maximum absolute atomic E-state index is 12.6. The molecule has 0 bridgehead atoms. The number of hydrogen-bond acceptors (Lipinski definition) is 2. The van der Waals surface area contributed by atoms with Crippen LogP contribution in [0.1, 0.15) is 104 Å². The van der Waals surface area contributed by atoms with Gasteiger partial charge in [0, 0.05) is 6.42 Å². The topological polar surface area (TPSA) is 46.5 Å². The molecule has 0 heterocycles. The van der Waals surface area contributed by atoms with Crippen molar-refractivity contribution in [2.24, 2.45) is 0 Å². The summed E-state index contributed by atoms with van der Waals surface area (Å²) in [6, 6.07) is 0. The lowest BCUT2D eigenvalue weighted by molar-refractivity contribution is -0.883. The van der Waals surface area contributed by atoms with Crippen molar-refractivity contribution in [2.45, 2.75) is 110 Å². The van der Waals surface area contributed by atoms with Gasteiger partial charge in [0.25, 0.3) is 0 Å². The Bertz CT molecular complexity index is 432. The maximum Gasteiger partial charge on any atom is 0.385 e. The molecular formula is C23H49NO3P+. The summed E-state index contributed by atoms with van der Waals surface area (Å²) in [5, 5.41) is 0. The van der Waals surface area contributed by atoms with E-state index in [1.807, 2.05) is 28.1 Å². The SMILES string of the molecule is CCCCCC/C=C\CCCCCCCCOP(=O)(O)C(CCC)[N+](C)(C)C. The van der Waals surface area contributed by atoms with E-state index < -0.39 is 7.60 Å². The van der Waals surface area contributed by atoms with Gasteiger partial charge in [-0.05, 0) is 38.5 Å². The molecule has 5 heteroatoms. The van der Waals surface area contributed by atoms with E-state index in [1.54, 1.807) is 0 Å². The molecule has 4 nitrogen and oxygen atoms in total. The van der Waals surface area contributed by atoms with E-state index in [-0.39, 0.29) is 5.78 Å². The van der Waals surface area contributed by atoms with Gasteiger partial charge >= 0.3 is 7.60 Å².